The van der Waals surface area contributed by atoms with Crippen molar-refractivity contribution in [3.8, 4) is 0 Å². The van der Waals surface area contributed by atoms with E-state index in [9.17, 15) is 0 Å². The van der Waals surface area contributed by atoms with Gasteiger partial charge in [0, 0.05) is 24.4 Å². The maximum atomic E-state index is 5.96. The molecule has 1 aromatic rings. The Morgan fingerprint density at radius 2 is 1.95 bits per heavy atom. The van der Waals surface area contributed by atoms with Crippen LogP contribution in [0.15, 0.2) is 10.6 Å². The summed E-state index contributed by atoms with van der Waals surface area (Å²) in [5.74, 6) is 4.56. The number of aromatic nitrogens is 1. The molecule has 106 valence electrons. The molecule has 2 fully saturated rings. The zero-order chi connectivity index (χ0) is 13.5. The SMILES string of the molecule is CC(C)(C)NCCc1ncc(C2C3CCCCC32)o1. The topological polar surface area (TPSA) is 38.1 Å². The van der Waals surface area contributed by atoms with Gasteiger partial charge in [0.25, 0.3) is 0 Å². The normalized spacial score (nSPS) is 30.2. The Morgan fingerprint density at radius 3 is 2.58 bits per heavy atom. The Bertz CT molecular complexity index is 420. The molecule has 0 aliphatic heterocycles. The summed E-state index contributed by atoms with van der Waals surface area (Å²) in [4.78, 5) is 4.45. The first-order valence-corrected chi connectivity index (χ1v) is 7.74. The maximum Gasteiger partial charge on any atom is 0.195 e. The molecule has 1 aromatic heterocycles. The average Bonchev–Trinajstić information content (AvgIpc) is 2.90. The van der Waals surface area contributed by atoms with Gasteiger partial charge in [-0.25, -0.2) is 4.98 Å². The van der Waals surface area contributed by atoms with Crippen LogP contribution in [0, 0.1) is 11.8 Å². The first-order valence-electron chi connectivity index (χ1n) is 7.74. The summed E-state index contributed by atoms with van der Waals surface area (Å²) in [5, 5.41) is 3.47. The van der Waals surface area contributed by atoms with Gasteiger partial charge in [-0.3, -0.25) is 0 Å². The van der Waals surface area contributed by atoms with Gasteiger partial charge in [0.15, 0.2) is 5.89 Å². The second-order valence-electron chi connectivity index (χ2n) is 7.22. The highest BCUT2D eigenvalue weighted by Crippen LogP contribution is 2.61. The molecule has 0 amide bonds. The van der Waals surface area contributed by atoms with Crippen LogP contribution in [0.5, 0.6) is 0 Å². The van der Waals surface area contributed by atoms with Gasteiger partial charge in [-0.05, 0) is 45.4 Å². The fourth-order valence-corrected chi connectivity index (χ4v) is 3.55. The maximum absolute atomic E-state index is 5.96. The number of nitrogens with zero attached hydrogens (tertiary/aromatic N) is 1. The molecule has 0 spiro atoms. The van der Waals surface area contributed by atoms with Crippen molar-refractivity contribution < 1.29 is 4.42 Å². The van der Waals surface area contributed by atoms with Crippen LogP contribution in [0.25, 0.3) is 0 Å². The predicted octanol–water partition coefficient (Wildman–Crippen LogP) is 3.51. The van der Waals surface area contributed by atoms with E-state index < -0.39 is 0 Å². The summed E-state index contributed by atoms with van der Waals surface area (Å²) >= 11 is 0. The summed E-state index contributed by atoms with van der Waals surface area (Å²) in [6.45, 7) is 7.48. The number of rotatable bonds is 4. The van der Waals surface area contributed by atoms with Gasteiger partial charge in [0.1, 0.15) is 5.76 Å². The second kappa shape index (κ2) is 4.93. The van der Waals surface area contributed by atoms with Crippen LogP contribution < -0.4 is 5.32 Å². The number of hydrogen-bond donors (Lipinski definition) is 1. The molecule has 2 aliphatic carbocycles. The fourth-order valence-electron chi connectivity index (χ4n) is 3.55. The Morgan fingerprint density at radius 1 is 1.26 bits per heavy atom. The van der Waals surface area contributed by atoms with E-state index in [4.69, 9.17) is 4.42 Å². The molecule has 2 unspecified atom stereocenters. The monoisotopic (exact) mass is 262 g/mol. The fraction of sp³-hybridized carbons (Fsp3) is 0.812. The van der Waals surface area contributed by atoms with Gasteiger partial charge in [0.2, 0.25) is 0 Å². The van der Waals surface area contributed by atoms with Crippen molar-refractivity contribution >= 4 is 0 Å². The minimum atomic E-state index is 0.168. The quantitative estimate of drug-likeness (QED) is 0.902. The van der Waals surface area contributed by atoms with Crippen molar-refractivity contribution in [3.63, 3.8) is 0 Å². The van der Waals surface area contributed by atoms with Crippen LogP contribution >= 0.6 is 0 Å². The van der Waals surface area contributed by atoms with Gasteiger partial charge in [0.05, 0.1) is 6.20 Å². The van der Waals surface area contributed by atoms with E-state index >= 15 is 0 Å². The molecule has 2 atom stereocenters. The van der Waals surface area contributed by atoms with Gasteiger partial charge in [-0.2, -0.15) is 0 Å². The van der Waals surface area contributed by atoms with Crippen molar-refractivity contribution in [3.05, 3.63) is 17.8 Å². The Balaban J connectivity index is 1.53. The molecular weight excluding hydrogens is 236 g/mol. The molecule has 0 saturated heterocycles. The molecule has 0 bridgehead atoms. The number of nitrogens with one attached hydrogen (secondary N) is 1. The molecule has 2 saturated carbocycles. The number of oxazole rings is 1. The zero-order valence-corrected chi connectivity index (χ0v) is 12.4. The lowest BCUT2D eigenvalue weighted by molar-refractivity contribution is 0.400. The highest BCUT2D eigenvalue weighted by atomic mass is 16.4. The third-order valence-electron chi connectivity index (χ3n) is 4.55. The van der Waals surface area contributed by atoms with Gasteiger partial charge < -0.3 is 9.73 Å². The molecular formula is C16H26N2O. The van der Waals surface area contributed by atoms with E-state index in [0.29, 0.717) is 5.92 Å². The van der Waals surface area contributed by atoms with Crippen molar-refractivity contribution in [1.29, 1.82) is 0 Å². The minimum Gasteiger partial charge on any atom is -0.445 e. The van der Waals surface area contributed by atoms with Crippen LogP contribution in [0.2, 0.25) is 0 Å². The lowest BCUT2D eigenvalue weighted by atomic mass is 10.0. The van der Waals surface area contributed by atoms with Crippen LogP contribution in [-0.4, -0.2) is 17.1 Å². The molecule has 2 aliphatic rings. The van der Waals surface area contributed by atoms with Gasteiger partial charge >= 0.3 is 0 Å². The third kappa shape index (κ3) is 3.02. The van der Waals surface area contributed by atoms with Crippen molar-refractivity contribution in [2.75, 3.05) is 6.54 Å². The highest BCUT2D eigenvalue weighted by Gasteiger charge is 2.53. The van der Waals surface area contributed by atoms with Crippen molar-refractivity contribution in [1.82, 2.24) is 10.3 Å². The Labute approximate surface area is 116 Å². The average molecular weight is 262 g/mol. The lowest BCUT2D eigenvalue weighted by Gasteiger charge is -2.19. The van der Waals surface area contributed by atoms with Gasteiger partial charge in [-0.15, -0.1) is 0 Å². The largest absolute Gasteiger partial charge is 0.445 e. The number of fused-ring (bicyclic) bond motifs is 1. The smallest absolute Gasteiger partial charge is 0.195 e. The first-order chi connectivity index (χ1) is 9.04. The summed E-state index contributed by atoms with van der Waals surface area (Å²) in [6, 6.07) is 0. The molecule has 3 nitrogen and oxygen atoms in total. The first kappa shape index (κ1) is 13.2. The number of hydrogen-bond acceptors (Lipinski definition) is 3. The van der Waals surface area contributed by atoms with Crippen molar-refractivity contribution in [2.45, 2.75) is 64.3 Å². The van der Waals surface area contributed by atoms with E-state index in [2.05, 4.69) is 31.1 Å². The Hall–Kier alpha value is -0.830. The van der Waals surface area contributed by atoms with Crippen LogP contribution in [0.3, 0.4) is 0 Å². The van der Waals surface area contributed by atoms with Crippen molar-refractivity contribution in [2.24, 2.45) is 11.8 Å². The lowest BCUT2D eigenvalue weighted by Crippen LogP contribution is -2.37. The van der Waals surface area contributed by atoms with Crippen LogP contribution in [-0.2, 0) is 6.42 Å². The minimum absolute atomic E-state index is 0.168. The summed E-state index contributed by atoms with van der Waals surface area (Å²) in [6.07, 6.45) is 8.49. The molecule has 3 rings (SSSR count). The van der Waals surface area contributed by atoms with E-state index in [1.54, 1.807) is 0 Å². The summed E-state index contributed by atoms with van der Waals surface area (Å²) < 4.78 is 5.96. The standard InChI is InChI=1S/C16H26N2O/c1-16(2,3)18-9-8-14-17-10-13(19-14)15-11-6-4-5-7-12(11)15/h10-12,15,18H,4-9H2,1-3H3. The highest BCUT2D eigenvalue weighted by molar-refractivity contribution is 5.18. The zero-order valence-electron chi connectivity index (χ0n) is 12.4. The Kier molecular flexibility index (Phi) is 3.42. The van der Waals surface area contributed by atoms with E-state index in [1.165, 1.54) is 25.7 Å². The molecule has 19 heavy (non-hydrogen) atoms. The van der Waals surface area contributed by atoms with E-state index in [0.717, 1.165) is 36.5 Å². The van der Waals surface area contributed by atoms with E-state index in [-0.39, 0.29) is 5.54 Å². The van der Waals surface area contributed by atoms with Gasteiger partial charge in [-0.1, -0.05) is 12.8 Å². The molecule has 0 radical (unpaired) electrons. The van der Waals surface area contributed by atoms with E-state index in [1.807, 2.05) is 6.20 Å². The molecule has 1 N–H and O–H groups in total. The predicted molar refractivity (Wildman–Crippen MR) is 76.2 cm³/mol. The third-order valence-corrected chi connectivity index (χ3v) is 4.55. The molecule has 1 heterocycles. The molecule has 3 heteroatoms. The summed E-state index contributed by atoms with van der Waals surface area (Å²) in [5.41, 5.74) is 0.168. The second-order valence-corrected chi connectivity index (χ2v) is 7.22. The van der Waals surface area contributed by atoms with Crippen LogP contribution in [0.1, 0.15) is 64.0 Å². The molecule has 0 aromatic carbocycles. The van der Waals surface area contributed by atoms with Crippen LogP contribution in [0.4, 0.5) is 0 Å². The summed E-state index contributed by atoms with van der Waals surface area (Å²) in [7, 11) is 0.